The van der Waals surface area contributed by atoms with E-state index < -0.39 is 11.0 Å². The van der Waals surface area contributed by atoms with Gasteiger partial charge in [0.1, 0.15) is 17.3 Å². The van der Waals surface area contributed by atoms with Gasteiger partial charge in [-0.15, -0.1) is 0 Å². The fourth-order valence-electron chi connectivity index (χ4n) is 4.94. The number of nitrogens with zero attached hydrogens (tertiary/aromatic N) is 4. The summed E-state index contributed by atoms with van der Waals surface area (Å²) in [6, 6.07) is 14.1. The molecular weight excluding hydrogens is 580 g/mol. The number of carbonyl (C=O) groups is 1. The van der Waals surface area contributed by atoms with E-state index in [1.807, 2.05) is 13.8 Å². The van der Waals surface area contributed by atoms with Crippen molar-refractivity contribution in [2.24, 2.45) is 4.99 Å². The molecule has 0 spiro atoms. The second kappa shape index (κ2) is 11.8. The SMILES string of the molecule is CCN(CC)C(=O)C1=C(C)N=c2s/c(=C/c3ccc(-c4ccc(OC)cc4[N+](=O)[O-])o3)c(=O)n2[C@H]1c1ccc(Cl)cc1. The summed E-state index contributed by atoms with van der Waals surface area (Å²) in [4.78, 5) is 45.6. The maximum absolute atomic E-state index is 13.9. The number of thiazole rings is 1. The molecule has 0 N–H and O–H groups in total. The van der Waals surface area contributed by atoms with Gasteiger partial charge in [-0.3, -0.25) is 24.3 Å². The molecule has 0 bridgehead atoms. The molecule has 4 aromatic rings. The molecule has 0 radical (unpaired) electrons. The number of nitro benzene ring substituents is 1. The third-order valence-electron chi connectivity index (χ3n) is 7.06. The highest BCUT2D eigenvalue weighted by Gasteiger charge is 2.34. The second-order valence-corrected chi connectivity index (χ2v) is 10.9. The fourth-order valence-corrected chi connectivity index (χ4v) is 6.09. The highest BCUT2D eigenvalue weighted by molar-refractivity contribution is 7.07. The lowest BCUT2D eigenvalue weighted by molar-refractivity contribution is -0.384. The van der Waals surface area contributed by atoms with Crippen molar-refractivity contribution in [1.82, 2.24) is 9.47 Å². The normalized spacial score (nSPS) is 14.9. The molecule has 1 aliphatic heterocycles. The number of amides is 1. The van der Waals surface area contributed by atoms with Gasteiger partial charge in [-0.05, 0) is 62.7 Å². The van der Waals surface area contributed by atoms with Gasteiger partial charge in [-0.1, -0.05) is 35.1 Å². The van der Waals surface area contributed by atoms with E-state index in [9.17, 15) is 19.7 Å². The van der Waals surface area contributed by atoms with Crippen molar-refractivity contribution in [1.29, 1.82) is 0 Å². The molecule has 5 rings (SSSR count). The Morgan fingerprint density at radius 2 is 1.90 bits per heavy atom. The summed E-state index contributed by atoms with van der Waals surface area (Å²) >= 11 is 7.33. The Bertz CT molecular complexity index is 1900. The van der Waals surface area contributed by atoms with E-state index in [1.54, 1.807) is 66.4 Å². The van der Waals surface area contributed by atoms with E-state index in [0.29, 0.717) is 50.2 Å². The van der Waals surface area contributed by atoms with Crippen molar-refractivity contribution >= 4 is 40.6 Å². The van der Waals surface area contributed by atoms with E-state index in [2.05, 4.69) is 4.99 Å². The molecule has 3 heterocycles. The molecule has 10 nitrogen and oxygen atoms in total. The molecule has 0 saturated heterocycles. The summed E-state index contributed by atoms with van der Waals surface area (Å²) in [5, 5.41) is 12.2. The number of ether oxygens (including phenoxy) is 1. The van der Waals surface area contributed by atoms with Crippen LogP contribution in [0.4, 0.5) is 5.69 Å². The molecule has 1 amide bonds. The number of methoxy groups -OCH3 is 1. The summed E-state index contributed by atoms with van der Waals surface area (Å²) in [6.07, 6.45) is 1.58. The monoisotopic (exact) mass is 606 g/mol. The minimum absolute atomic E-state index is 0.168. The summed E-state index contributed by atoms with van der Waals surface area (Å²) in [5.41, 5.74) is 1.45. The number of rotatable bonds is 8. The van der Waals surface area contributed by atoms with Crippen LogP contribution in [0.1, 0.15) is 38.1 Å². The zero-order valence-corrected chi connectivity index (χ0v) is 24.9. The lowest BCUT2D eigenvalue weighted by Gasteiger charge is -2.29. The molecule has 0 saturated carbocycles. The van der Waals surface area contributed by atoms with Crippen LogP contribution >= 0.6 is 22.9 Å². The molecule has 12 heteroatoms. The average Bonchev–Trinajstić information content (AvgIpc) is 3.57. The lowest BCUT2D eigenvalue weighted by atomic mass is 9.94. The van der Waals surface area contributed by atoms with Crippen molar-refractivity contribution in [2.75, 3.05) is 20.2 Å². The van der Waals surface area contributed by atoms with Crippen LogP contribution in [0.2, 0.25) is 5.02 Å². The number of aromatic nitrogens is 1. The quantitative estimate of drug-likeness (QED) is 0.207. The number of hydrogen-bond donors (Lipinski definition) is 0. The predicted molar refractivity (Wildman–Crippen MR) is 160 cm³/mol. The van der Waals surface area contributed by atoms with Gasteiger partial charge >= 0.3 is 0 Å². The molecule has 42 heavy (non-hydrogen) atoms. The number of hydrogen-bond acceptors (Lipinski definition) is 8. The summed E-state index contributed by atoms with van der Waals surface area (Å²) in [6.45, 7) is 6.61. The van der Waals surface area contributed by atoms with Gasteiger partial charge in [0.05, 0.1) is 45.5 Å². The number of likely N-dealkylation sites (N-methyl/N-ethyl adjacent to an activating group) is 1. The van der Waals surface area contributed by atoms with Crippen molar-refractivity contribution < 1.29 is 18.9 Å². The molecule has 1 atom stereocenters. The van der Waals surface area contributed by atoms with Crippen LogP contribution in [-0.4, -0.2) is 40.5 Å². The minimum atomic E-state index is -0.706. The molecule has 2 aromatic heterocycles. The standard InChI is InChI=1S/C30H27ClN4O6S/c1-5-33(6-2)29(37)26-17(3)32-30-34(27(26)18-7-9-19(31)10-8-18)28(36)25(42-30)16-21-12-14-24(41-21)22-13-11-20(40-4)15-23(22)35(38)39/h7-16,27H,5-6H2,1-4H3/b25-16+/t27-/m0/s1. The Balaban J connectivity index is 1.63. The van der Waals surface area contributed by atoms with Gasteiger partial charge in [0.25, 0.3) is 17.2 Å². The molecule has 216 valence electrons. The fraction of sp³-hybridized carbons (Fsp3) is 0.233. The van der Waals surface area contributed by atoms with Crippen LogP contribution in [0.3, 0.4) is 0 Å². The Kier molecular flexibility index (Phi) is 8.15. The zero-order valence-electron chi connectivity index (χ0n) is 23.3. The number of benzene rings is 2. The first-order valence-electron chi connectivity index (χ1n) is 13.2. The van der Waals surface area contributed by atoms with E-state index in [-0.39, 0.29) is 28.5 Å². The maximum atomic E-state index is 13.9. The van der Waals surface area contributed by atoms with Crippen molar-refractivity contribution in [3.8, 4) is 17.1 Å². The smallest absolute Gasteiger partial charge is 0.284 e. The van der Waals surface area contributed by atoms with Gasteiger partial charge in [0.15, 0.2) is 4.80 Å². The Morgan fingerprint density at radius 3 is 2.55 bits per heavy atom. The van der Waals surface area contributed by atoms with Gasteiger partial charge in [0, 0.05) is 24.2 Å². The molecule has 0 unspecified atom stereocenters. The van der Waals surface area contributed by atoms with E-state index >= 15 is 0 Å². The Labute approximate surface area is 249 Å². The molecular formula is C30H27ClN4O6S. The van der Waals surface area contributed by atoms with Gasteiger partial charge in [0.2, 0.25) is 0 Å². The summed E-state index contributed by atoms with van der Waals surface area (Å²) in [5.74, 6) is 0.763. The Morgan fingerprint density at radius 1 is 1.19 bits per heavy atom. The molecule has 1 aliphatic rings. The third-order valence-corrected chi connectivity index (χ3v) is 8.29. The first-order valence-corrected chi connectivity index (χ1v) is 14.4. The minimum Gasteiger partial charge on any atom is -0.497 e. The Hall–Kier alpha value is -4.48. The molecule has 2 aromatic carbocycles. The number of carbonyl (C=O) groups excluding carboxylic acids is 1. The van der Waals surface area contributed by atoms with Gasteiger partial charge < -0.3 is 14.1 Å². The number of allylic oxidation sites excluding steroid dienone is 1. The molecule has 0 aliphatic carbocycles. The topological polar surface area (TPSA) is 120 Å². The number of fused-ring (bicyclic) bond motifs is 1. The predicted octanol–water partition coefficient (Wildman–Crippen LogP) is 4.93. The van der Waals surface area contributed by atoms with Crippen molar-refractivity contribution in [2.45, 2.75) is 26.8 Å². The highest BCUT2D eigenvalue weighted by Crippen LogP contribution is 2.35. The molecule has 0 fully saturated rings. The first-order chi connectivity index (χ1) is 20.2. The van der Waals surface area contributed by atoms with E-state index in [1.165, 1.54) is 29.1 Å². The average molecular weight is 607 g/mol. The van der Waals surface area contributed by atoms with Crippen LogP contribution in [0.25, 0.3) is 17.4 Å². The number of halogens is 1. The van der Waals surface area contributed by atoms with Crippen molar-refractivity contribution in [3.05, 3.63) is 112 Å². The lowest BCUT2D eigenvalue weighted by Crippen LogP contribution is -2.43. The van der Waals surface area contributed by atoms with Gasteiger partial charge in [-0.25, -0.2) is 4.99 Å². The summed E-state index contributed by atoms with van der Waals surface area (Å²) in [7, 11) is 1.43. The van der Waals surface area contributed by atoms with E-state index in [4.69, 9.17) is 20.8 Å². The first kappa shape index (κ1) is 29.0. The highest BCUT2D eigenvalue weighted by atomic mass is 35.5. The largest absolute Gasteiger partial charge is 0.497 e. The van der Waals surface area contributed by atoms with Gasteiger partial charge in [-0.2, -0.15) is 0 Å². The number of nitro groups is 1. The van der Waals surface area contributed by atoms with E-state index in [0.717, 1.165) is 5.56 Å². The van der Waals surface area contributed by atoms with Crippen LogP contribution in [-0.2, 0) is 4.79 Å². The third kappa shape index (κ3) is 5.28. The van der Waals surface area contributed by atoms with Crippen LogP contribution in [0.5, 0.6) is 5.75 Å². The van der Waals surface area contributed by atoms with Crippen LogP contribution in [0, 0.1) is 10.1 Å². The second-order valence-electron chi connectivity index (χ2n) is 9.45. The number of furan rings is 1. The summed E-state index contributed by atoms with van der Waals surface area (Å²) < 4.78 is 12.9. The van der Waals surface area contributed by atoms with Crippen LogP contribution in [0.15, 0.2) is 80.1 Å². The zero-order chi connectivity index (χ0) is 30.1. The maximum Gasteiger partial charge on any atom is 0.284 e. The van der Waals surface area contributed by atoms with Crippen LogP contribution < -0.4 is 19.6 Å². The van der Waals surface area contributed by atoms with Crippen molar-refractivity contribution in [3.63, 3.8) is 0 Å².